The van der Waals surface area contributed by atoms with Gasteiger partial charge in [-0.15, -0.1) is 0 Å². The minimum atomic E-state index is -0.0944. The van der Waals surface area contributed by atoms with Gasteiger partial charge in [0.25, 0.3) is 5.56 Å². The van der Waals surface area contributed by atoms with Gasteiger partial charge < -0.3 is 10.6 Å². The Hall–Kier alpha value is -2.21. The second-order valence-electron chi connectivity index (χ2n) is 4.60. The Bertz CT molecular complexity index is 680. The fourth-order valence-corrected chi connectivity index (χ4v) is 2.19. The van der Waals surface area contributed by atoms with Gasteiger partial charge in [-0.05, 0) is 12.1 Å². The Balaban J connectivity index is 1.78. The summed E-state index contributed by atoms with van der Waals surface area (Å²) in [7, 11) is 0. The van der Waals surface area contributed by atoms with Gasteiger partial charge in [-0.25, -0.2) is 4.98 Å². The van der Waals surface area contributed by atoms with Crippen molar-refractivity contribution in [3.8, 4) is 0 Å². The van der Waals surface area contributed by atoms with Gasteiger partial charge >= 0.3 is 0 Å². The molecule has 2 aromatic heterocycles. The quantitative estimate of drug-likeness (QED) is 0.790. The molecule has 0 aliphatic carbocycles. The van der Waals surface area contributed by atoms with Crippen LogP contribution in [0, 0.1) is 0 Å². The van der Waals surface area contributed by atoms with Gasteiger partial charge in [-0.1, -0.05) is 6.07 Å². The van der Waals surface area contributed by atoms with Crippen molar-refractivity contribution in [1.82, 2.24) is 20.0 Å². The Labute approximate surface area is 109 Å². The zero-order valence-electron chi connectivity index (χ0n) is 10.3. The third kappa shape index (κ3) is 2.48. The van der Waals surface area contributed by atoms with Crippen molar-refractivity contribution in [2.24, 2.45) is 0 Å². The summed E-state index contributed by atoms with van der Waals surface area (Å²) < 4.78 is 1.50. The van der Waals surface area contributed by atoms with Crippen LogP contribution in [0.15, 0.2) is 35.3 Å². The van der Waals surface area contributed by atoms with E-state index >= 15 is 0 Å². The van der Waals surface area contributed by atoms with Crippen molar-refractivity contribution in [3.63, 3.8) is 0 Å². The molecule has 98 valence electrons. The summed E-state index contributed by atoms with van der Waals surface area (Å²) in [5, 5.41) is 5.99. The van der Waals surface area contributed by atoms with E-state index in [1.54, 1.807) is 18.3 Å². The predicted octanol–water partition coefficient (Wildman–Crippen LogP) is -0.327. The van der Waals surface area contributed by atoms with Crippen LogP contribution in [0.5, 0.6) is 0 Å². The van der Waals surface area contributed by atoms with E-state index < -0.39 is 0 Å². The fourth-order valence-electron chi connectivity index (χ4n) is 2.19. The number of hydrogen-bond acceptors (Lipinski definition) is 4. The number of carbonyl (C=O) groups is 1. The van der Waals surface area contributed by atoms with Crippen molar-refractivity contribution >= 4 is 11.6 Å². The molecule has 1 atom stereocenters. The SMILES string of the molecule is O=C1CC(NCc2cc(=O)n3ccccc3n2)CN1. The number of nitrogens with zero attached hydrogens (tertiary/aromatic N) is 2. The van der Waals surface area contributed by atoms with E-state index in [2.05, 4.69) is 15.6 Å². The van der Waals surface area contributed by atoms with E-state index in [4.69, 9.17) is 0 Å². The van der Waals surface area contributed by atoms with Crippen LogP contribution in [0.4, 0.5) is 0 Å². The molecule has 0 spiro atoms. The summed E-state index contributed by atoms with van der Waals surface area (Å²) in [5.41, 5.74) is 1.23. The van der Waals surface area contributed by atoms with Crippen LogP contribution in [0.2, 0.25) is 0 Å². The number of nitrogens with one attached hydrogen (secondary N) is 2. The summed E-state index contributed by atoms with van der Waals surface area (Å²) in [6.45, 7) is 1.12. The number of amides is 1. The molecular formula is C13H14N4O2. The molecule has 2 N–H and O–H groups in total. The van der Waals surface area contributed by atoms with Crippen molar-refractivity contribution in [1.29, 1.82) is 0 Å². The van der Waals surface area contributed by atoms with Crippen LogP contribution < -0.4 is 16.2 Å². The van der Waals surface area contributed by atoms with E-state index in [0.717, 1.165) is 0 Å². The van der Waals surface area contributed by atoms with Gasteiger partial charge in [0, 0.05) is 37.8 Å². The molecule has 19 heavy (non-hydrogen) atoms. The predicted molar refractivity (Wildman–Crippen MR) is 69.7 cm³/mol. The maximum absolute atomic E-state index is 11.9. The van der Waals surface area contributed by atoms with Gasteiger partial charge in [0.1, 0.15) is 5.65 Å². The first-order chi connectivity index (χ1) is 9.22. The lowest BCUT2D eigenvalue weighted by Crippen LogP contribution is -2.31. The molecule has 6 heteroatoms. The molecule has 0 bridgehead atoms. The third-order valence-electron chi connectivity index (χ3n) is 3.17. The minimum Gasteiger partial charge on any atom is -0.354 e. The minimum absolute atomic E-state index is 0.0593. The lowest BCUT2D eigenvalue weighted by atomic mass is 10.2. The Kier molecular flexibility index (Phi) is 3.00. The second kappa shape index (κ2) is 4.81. The summed E-state index contributed by atoms with van der Waals surface area (Å²) in [6.07, 6.45) is 2.17. The van der Waals surface area contributed by atoms with Crippen LogP contribution in [-0.4, -0.2) is 27.9 Å². The average molecular weight is 258 g/mol. The summed E-state index contributed by atoms with van der Waals surface area (Å²) in [6, 6.07) is 7.07. The van der Waals surface area contributed by atoms with Gasteiger partial charge in [0.2, 0.25) is 5.91 Å². The molecule has 2 aromatic rings. The highest BCUT2D eigenvalue weighted by atomic mass is 16.2. The summed E-state index contributed by atoms with van der Waals surface area (Å²) >= 11 is 0. The van der Waals surface area contributed by atoms with Crippen molar-refractivity contribution in [2.75, 3.05) is 6.54 Å². The molecule has 1 unspecified atom stereocenters. The molecule has 0 radical (unpaired) electrons. The summed E-state index contributed by atoms with van der Waals surface area (Å²) in [5.74, 6) is 0.0593. The number of pyridine rings is 1. The zero-order valence-corrected chi connectivity index (χ0v) is 10.3. The smallest absolute Gasteiger partial charge is 0.258 e. The van der Waals surface area contributed by atoms with E-state index in [1.165, 1.54) is 10.5 Å². The van der Waals surface area contributed by atoms with Crippen molar-refractivity contribution in [3.05, 3.63) is 46.5 Å². The fraction of sp³-hybridized carbons (Fsp3) is 0.308. The van der Waals surface area contributed by atoms with Gasteiger partial charge in [0.05, 0.1) is 5.69 Å². The molecule has 3 heterocycles. The van der Waals surface area contributed by atoms with Gasteiger partial charge in [0.15, 0.2) is 0 Å². The molecule has 1 fully saturated rings. The van der Waals surface area contributed by atoms with Crippen LogP contribution >= 0.6 is 0 Å². The van der Waals surface area contributed by atoms with Crippen molar-refractivity contribution in [2.45, 2.75) is 19.0 Å². The maximum Gasteiger partial charge on any atom is 0.258 e. The lowest BCUT2D eigenvalue weighted by molar-refractivity contribution is -0.119. The van der Waals surface area contributed by atoms with Gasteiger partial charge in [-0.2, -0.15) is 0 Å². The molecule has 0 aromatic carbocycles. The first kappa shape index (κ1) is 11.9. The van der Waals surface area contributed by atoms with Crippen LogP contribution in [0.25, 0.3) is 5.65 Å². The van der Waals surface area contributed by atoms with Crippen LogP contribution in [0.3, 0.4) is 0 Å². The first-order valence-corrected chi connectivity index (χ1v) is 6.20. The maximum atomic E-state index is 11.9. The summed E-state index contributed by atoms with van der Waals surface area (Å²) in [4.78, 5) is 27.4. The number of rotatable bonds is 3. The highest BCUT2D eigenvalue weighted by molar-refractivity contribution is 5.78. The van der Waals surface area contributed by atoms with Crippen LogP contribution in [-0.2, 0) is 11.3 Å². The number of hydrogen-bond donors (Lipinski definition) is 2. The molecule has 1 saturated heterocycles. The number of aromatic nitrogens is 2. The van der Waals surface area contributed by atoms with E-state index in [0.29, 0.717) is 30.9 Å². The van der Waals surface area contributed by atoms with Crippen LogP contribution in [0.1, 0.15) is 12.1 Å². The molecule has 0 saturated carbocycles. The molecule has 6 nitrogen and oxygen atoms in total. The topological polar surface area (TPSA) is 75.5 Å². The molecule has 1 aliphatic heterocycles. The largest absolute Gasteiger partial charge is 0.354 e. The Morgan fingerprint density at radius 2 is 2.32 bits per heavy atom. The third-order valence-corrected chi connectivity index (χ3v) is 3.17. The molecule has 1 amide bonds. The molecule has 3 rings (SSSR count). The highest BCUT2D eigenvalue weighted by Crippen LogP contribution is 2.02. The zero-order chi connectivity index (χ0) is 13.2. The lowest BCUT2D eigenvalue weighted by Gasteiger charge is -2.10. The van der Waals surface area contributed by atoms with E-state index in [9.17, 15) is 9.59 Å². The normalized spacial score (nSPS) is 18.7. The first-order valence-electron chi connectivity index (χ1n) is 6.20. The van der Waals surface area contributed by atoms with Gasteiger partial charge in [-0.3, -0.25) is 14.0 Å². The van der Waals surface area contributed by atoms with Crippen molar-refractivity contribution < 1.29 is 4.79 Å². The second-order valence-corrected chi connectivity index (χ2v) is 4.60. The average Bonchev–Trinajstić information content (AvgIpc) is 2.82. The standard InChI is InChI=1S/C13H14N4O2/c18-12-5-9(7-15-12)14-8-10-6-13(19)17-4-2-1-3-11(17)16-10/h1-4,6,9,14H,5,7-8H2,(H,15,18). The Morgan fingerprint density at radius 3 is 3.11 bits per heavy atom. The highest BCUT2D eigenvalue weighted by Gasteiger charge is 2.20. The van der Waals surface area contributed by atoms with E-state index in [1.807, 2.05) is 6.07 Å². The number of carbonyl (C=O) groups excluding carboxylic acids is 1. The molecule has 1 aliphatic rings. The molecular weight excluding hydrogens is 244 g/mol. The Morgan fingerprint density at radius 1 is 1.42 bits per heavy atom. The monoisotopic (exact) mass is 258 g/mol. The number of fused-ring (bicyclic) bond motifs is 1. The van der Waals surface area contributed by atoms with E-state index in [-0.39, 0.29) is 17.5 Å².